The first-order chi connectivity index (χ1) is 17.2. The van der Waals surface area contributed by atoms with Gasteiger partial charge in [-0.05, 0) is 62.2 Å². The summed E-state index contributed by atoms with van der Waals surface area (Å²) in [6, 6.07) is 12.3. The summed E-state index contributed by atoms with van der Waals surface area (Å²) in [4.78, 5) is 43.0. The first-order valence-corrected chi connectivity index (χ1v) is 11.9. The average molecular weight is 502 g/mol. The molecule has 1 aliphatic rings. The maximum atomic E-state index is 13.5. The highest BCUT2D eigenvalue weighted by Crippen LogP contribution is 2.34. The predicted molar refractivity (Wildman–Crippen MR) is 140 cm³/mol. The van der Waals surface area contributed by atoms with E-state index in [1.165, 1.54) is 0 Å². The maximum absolute atomic E-state index is 13.5. The van der Waals surface area contributed by atoms with Crippen LogP contribution in [0.1, 0.15) is 56.1 Å². The topological polar surface area (TPSA) is 92.5 Å². The van der Waals surface area contributed by atoms with Gasteiger partial charge in [-0.25, -0.2) is 4.98 Å². The van der Waals surface area contributed by atoms with Crippen LogP contribution in [0.25, 0.3) is 22.3 Å². The van der Waals surface area contributed by atoms with Gasteiger partial charge in [0.2, 0.25) is 0 Å². The lowest BCUT2D eigenvalue weighted by molar-refractivity contribution is 0.0816. The molecule has 8 heteroatoms. The van der Waals surface area contributed by atoms with E-state index in [0.29, 0.717) is 46.4 Å². The number of rotatable bonds is 5. The molecule has 1 atom stereocenters. The van der Waals surface area contributed by atoms with Crippen molar-refractivity contribution in [1.29, 1.82) is 0 Å². The number of aldehydes is 1. The summed E-state index contributed by atoms with van der Waals surface area (Å²) in [5, 5.41) is 4.02. The van der Waals surface area contributed by atoms with Gasteiger partial charge in [0.15, 0.2) is 11.7 Å². The molecule has 0 aliphatic carbocycles. The zero-order valence-corrected chi connectivity index (χ0v) is 21.1. The van der Waals surface area contributed by atoms with Gasteiger partial charge in [-0.3, -0.25) is 14.4 Å². The Labute approximate surface area is 212 Å². The highest BCUT2D eigenvalue weighted by Gasteiger charge is 2.26. The number of carbonyl (C=O) groups excluding carboxylic acids is 2. The van der Waals surface area contributed by atoms with E-state index in [9.17, 15) is 14.4 Å². The molecular weight excluding hydrogens is 478 g/mol. The van der Waals surface area contributed by atoms with E-state index in [1.54, 1.807) is 37.1 Å². The van der Waals surface area contributed by atoms with Crippen LogP contribution in [0, 0.1) is 13.8 Å². The molecule has 1 N–H and O–H groups in total. The minimum absolute atomic E-state index is 0.0164. The van der Waals surface area contributed by atoms with Crippen LogP contribution in [0.2, 0.25) is 5.15 Å². The van der Waals surface area contributed by atoms with Gasteiger partial charge < -0.3 is 14.6 Å². The molecule has 0 radical (unpaired) electrons. The minimum Gasteiger partial charge on any atom is -0.455 e. The van der Waals surface area contributed by atoms with Crippen molar-refractivity contribution in [2.45, 2.75) is 33.4 Å². The number of halogens is 1. The number of fused-ring (bicyclic) bond motifs is 2. The summed E-state index contributed by atoms with van der Waals surface area (Å²) < 4.78 is 6.45. The lowest BCUT2D eigenvalue weighted by Gasteiger charge is -2.19. The quantitative estimate of drug-likeness (QED) is 0.279. The van der Waals surface area contributed by atoms with Crippen LogP contribution < -0.4 is 10.7 Å². The van der Waals surface area contributed by atoms with Gasteiger partial charge in [0.1, 0.15) is 22.2 Å². The number of aryl methyl sites for hydroxylation is 1. The molecule has 0 spiro atoms. The molecule has 0 saturated heterocycles. The molecule has 1 unspecified atom stereocenters. The number of carbonyl (C=O) groups is 2. The largest absolute Gasteiger partial charge is 0.455 e. The van der Waals surface area contributed by atoms with E-state index in [1.807, 2.05) is 38.1 Å². The van der Waals surface area contributed by atoms with Gasteiger partial charge in [-0.1, -0.05) is 23.7 Å². The number of pyridine rings is 1. The van der Waals surface area contributed by atoms with Crippen LogP contribution in [-0.2, 0) is 6.54 Å². The zero-order chi connectivity index (χ0) is 25.7. The van der Waals surface area contributed by atoms with Crippen molar-refractivity contribution in [2.75, 3.05) is 12.4 Å². The number of hydrogen-bond acceptors (Lipinski definition) is 6. The van der Waals surface area contributed by atoms with Crippen molar-refractivity contribution in [3.63, 3.8) is 0 Å². The van der Waals surface area contributed by atoms with E-state index < -0.39 is 0 Å². The third-order valence-corrected chi connectivity index (χ3v) is 6.80. The maximum Gasteiger partial charge on any atom is 0.254 e. The van der Waals surface area contributed by atoms with Gasteiger partial charge >= 0.3 is 0 Å². The molecule has 36 heavy (non-hydrogen) atoms. The number of hydrogen-bond donors (Lipinski definition) is 1. The normalized spacial score (nSPS) is 13.7. The molecule has 5 rings (SSSR count). The number of aromatic nitrogens is 1. The lowest BCUT2D eigenvalue weighted by Crippen LogP contribution is -2.17. The van der Waals surface area contributed by atoms with Gasteiger partial charge in [0.25, 0.3) is 5.91 Å². The van der Waals surface area contributed by atoms with E-state index in [4.69, 9.17) is 16.0 Å². The smallest absolute Gasteiger partial charge is 0.254 e. The van der Waals surface area contributed by atoms with E-state index >= 15 is 0 Å². The van der Waals surface area contributed by atoms with Gasteiger partial charge in [-0.15, -0.1) is 0 Å². The number of nitrogens with one attached hydrogen (secondary N) is 1. The summed E-state index contributed by atoms with van der Waals surface area (Å²) in [6.07, 6.45) is 0.646. The fraction of sp³-hybridized carbons (Fsp3) is 0.214. The van der Waals surface area contributed by atoms with Gasteiger partial charge in [0.05, 0.1) is 17.1 Å². The Morgan fingerprint density at radius 2 is 1.92 bits per heavy atom. The molecule has 182 valence electrons. The Kier molecular flexibility index (Phi) is 5.88. The average Bonchev–Trinajstić information content (AvgIpc) is 3.14. The summed E-state index contributed by atoms with van der Waals surface area (Å²) in [5.41, 5.74) is 5.57. The van der Waals surface area contributed by atoms with Crippen molar-refractivity contribution in [1.82, 2.24) is 9.88 Å². The van der Waals surface area contributed by atoms with Crippen LogP contribution >= 0.6 is 11.6 Å². The Morgan fingerprint density at radius 3 is 2.67 bits per heavy atom. The first-order valence-electron chi connectivity index (χ1n) is 11.5. The highest BCUT2D eigenvalue weighted by molar-refractivity contribution is 6.29. The Morgan fingerprint density at radius 1 is 1.14 bits per heavy atom. The zero-order valence-electron chi connectivity index (χ0n) is 20.3. The van der Waals surface area contributed by atoms with Crippen LogP contribution in [-0.4, -0.2) is 29.1 Å². The van der Waals surface area contributed by atoms with Crippen LogP contribution in [0.4, 0.5) is 5.69 Å². The number of amides is 1. The van der Waals surface area contributed by atoms with Gasteiger partial charge in [0, 0.05) is 35.8 Å². The molecule has 7 nitrogen and oxygen atoms in total. The second kappa shape index (κ2) is 8.91. The molecule has 4 aromatic rings. The molecular formula is C28H24ClN3O4. The van der Waals surface area contributed by atoms with E-state index in [0.717, 1.165) is 22.3 Å². The van der Waals surface area contributed by atoms with Crippen molar-refractivity contribution in [3.05, 3.63) is 91.4 Å². The van der Waals surface area contributed by atoms with Crippen LogP contribution in [0.15, 0.2) is 51.7 Å². The third kappa shape index (κ3) is 3.95. The van der Waals surface area contributed by atoms with Gasteiger partial charge in [-0.2, -0.15) is 0 Å². The highest BCUT2D eigenvalue weighted by atomic mass is 35.5. The molecule has 2 aromatic heterocycles. The van der Waals surface area contributed by atoms with Crippen molar-refractivity contribution in [3.8, 4) is 11.3 Å². The molecule has 1 amide bonds. The Hall–Kier alpha value is -3.97. The van der Waals surface area contributed by atoms with Crippen molar-refractivity contribution < 1.29 is 14.0 Å². The monoisotopic (exact) mass is 501 g/mol. The molecule has 0 saturated carbocycles. The van der Waals surface area contributed by atoms with Crippen molar-refractivity contribution >= 4 is 40.5 Å². The second-order valence-corrected chi connectivity index (χ2v) is 9.59. The number of benzene rings is 2. The summed E-state index contributed by atoms with van der Waals surface area (Å²) in [5.74, 6) is 0.452. The molecule has 3 heterocycles. The standard InChI is InChI=1S/C28H24ClN3O4/c1-14-9-20(16(3)30-22-7-8-24(29)31-23(22)13-33)27-21(10-14)25(34)15(2)26(36-27)17-5-6-19-18(11-17)12-32(4)28(19)35/h5-11,13,16,30H,12H2,1-4H3. The molecule has 2 aromatic carbocycles. The van der Waals surface area contributed by atoms with Crippen LogP contribution in [0.3, 0.4) is 0 Å². The van der Waals surface area contributed by atoms with Crippen LogP contribution in [0.5, 0.6) is 0 Å². The summed E-state index contributed by atoms with van der Waals surface area (Å²) in [7, 11) is 1.76. The minimum atomic E-state index is -0.320. The Balaban J connectivity index is 1.65. The fourth-order valence-corrected chi connectivity index (χ4v) is 4.90. The summed E-state index contributed by atoms with van der Waals surface area (Å²) >= 11 is 5.94. The van der Waals surface area contributed by atoms with E-state index in [-0.39, 0.29) is 28.2 Å². The first kappa shape index (κ1) is 23.8. The fourth-order valence-electron chi connectivity index (χ4n) is 4.74. The SMILES string of the molecule is Cc1cc(C(C)Nc2ccc(Cl)nc2C=O)c2oc(-c3ccc4c(c3)CN(C)C4=O)c(C)c(=O)c2c1. The number of anilines is 1. The molecule has 0 fully saturated rings. The second-order valence-electron chi connectivity index (χ2n) is 9.20. The van der Waals surface area contributed by atoms with Crippen molar-refractivity contribution in [2.24, 2.45) is 0 Å². The molecule has 1 aliphatic heterocycles. The lowest BCUT2D eigenvalue weighted by atomic mass is 9.97. The number of nitrogens with zero attached hydrogens (tertiary/aromatic N) is 2. The Bertz CT molecular complexity index is 1630. The molecule has 0 bridgehead atoms. The van der Waals surface area contributed by atoms with E-state index in [2.05, 4.69) is 10.3 Å². The summed E-state index contributed by atoms with van der Waals surface area (Å²) in [6.45, 7) is 6.11. The third-order valence-electron chi connectivity index (χ3n) is 6.58. The predicted octanol–water partition coefficient (Wildman–Crippen LogP) is 5.70.